The predicted octanol–water partition coefficient (Wildman–Crippen LogP) is 4.40. The van der Waals surface area contributed by atoms with E-state index in [2.05, 4.69) is 4.99 Å². The van der Waals surface area contributed by atoms with Crippen LogP contribution in [0.15, 0.2) is 53.5 Å². The SMILES string of the molecule is CCOC(OCC)c1ccc(C(O)c2ccc(C3=NC(C)(C)CO3)cc2)cc1. The van der Waals surface area contributed by atoms with Crippen molar-refractivity contribution in [2.45, 2.75) is 45.6 Å². The van der Waals surface area contributed by atoms with Gasteiger partial charge in [0.25, 0.3) is 0 Å². The third-order valence-corrected chi connectivity index (χ3v) is 4.60. The molecule has 0 spiro atoms. The van der Waals surface area contributed by atoms with Crippen molar-refractivity contribution in [1.29, 1.82) is 0 Å². The highest BCUT2D eigenvalue weighted by atomic mass is 16.7. The van der Waals surface area contributed by atoms with E-state index in [-0.39, 0.29) is 11.8 Å². The zero-order valence-corrected chi connectivity index (χ0v) is 17.0. The molecule has 3 rings (SSSR count). The summed E-state index contributed by atoms with van der Waals surface area (Å²) in [4.78, 5) is 4.59. The lowest BCUT2D eigenvalue weighted by Crippen LogP contribution is -2.17. The molecule has 2 aromatic rings. The van der Waals surface area contributed by atoms with Gasteiger partial charge in [-0.2, -0.15) is 0 Å². The van der Waals surface area contributed by atoms with Gasteiger partial charge in [-0.1, -0.05) is 36.4 Å². The van der Waals surface area contributed by atoms with Gasteiger partial charge in [0.05, 0.1) is 5.54 Å². The maximum absolute atomic E-state index is 10.7. The Morgan fingerprint density at radius 3 is 1.89 bits per heavy atom. The maximum atomic E-state index is 10.7. The third-order valence-electron chi connectivity index (χ3n) is 4.60. The molecule has 5 nitrogen and oxygen atoms in total. The Labute approximate surface area is 167 Å². The number of aliphatic hydroxyl groups excluding tert-OH is 1. The van der Waals surface area contributed by atoms with Gasteiger partial charge < -0.3 is 19.3 Å². The molecule has 1 heterocycles. The summed E-state index contributed by atoms with van der Waals surface area (Å²) in [6.45, 7) is 9.71. The van der Waals surface area contributed by atoms with Crippen LogP contribution in [0.1, 0.15) is 62.3 Å². The molecule has 1 unspecified atom stereocenters. The lowest BCUT2D eigenvalue weighted by atomic mass is 9.99. The molecule has 0 aromatic heterocycles. The van der Waals surface area contributed by atoms with E-state index in [1.54, 1.807) is 0 Å². The van der Waals surface area contributed by atoms with Crippen LogP contribution >= 0.6 is 0 Å². The van der Waals surface area contributed by atoms with Crippen molar-refractivity contribution < 1.29 is 19.3 Å². The lowest BCUT2D eigenvalue weighted by molar-refractivity contribution is -0.140. The molecule has 1 N–H and O–H groups in total. The van der Waals surface area contributed by atoms with Crippen molar-refractivity contribution in [3.05, 3.63) is 70.8 Å². The molecule has 0 fully saturated rings. The minimum absolute atomic E-state index is 0.184. The summed E-state index contributed by atoms with van der Waals surface area (Å²) in [6.07, 6.45) is -1.08. The van der Waals surface area contributed by atoms with E-state index in [1.807, 2.05) is 76.2 Å². The van der Waals surface area contributed by atoms with E-state index in [4.69, 9.17) is 14.2 Å². The molecule has 0 radical (unpaired) electrons. The van der Waals surface area contributed by atoms with Crippen LogP contribution in [0, 0.1) is 0 Å². The number of rotatable bonds is 8. The van der Waals surface area contributed by atoms with Crippen molar-refractivity contribution in [2.24, 2.45) is 4.99 Å². The molecule has 2 aromatic carbocycles. The minimum Gasteiger partial charge on any atom is -0.475 e. The molecule has 0 saturated carbocycles. The van der Waals surface area contributed by atoms with E-state index in [0.29, 0.717) is 25.7 Å². The monoisotopic (exact) mass is 383 g/mol. The van der Waals surface area contributed by atoms with Crippen LogP contribution in [-0.2, 0) is 14.2 Å². The van der Waals surface area contributed by atoms with Crippen molar-refractivity contribution >= 4 is 5.90 Å². The number of hydrogen-bond acceptors (Lipinski definition) is 5. The fourth-order valence-corrected chi connectivity index (χ4v) is 3.11. The van der Waals surface area contributed by atoms with E-state index < -0.39 is 6.10 Å². The lowest BCUT2D eigenvalue weighted by Gasteiger charge is -2.18. The second kappa shape index (κ2) is 8.86. The zero-order valence-electron chi connectivity index (χ0n) is 17.0. The molecule has 5 heteroatoms. The average Bonchev–Trinajstić information content (AvgIpc) is 3.07. The number of benzene rings is 2. The van der Waals surface area contributed by atoms with Gasteiger partial charge in [-0.15, -0.1) is 0 Å². The molecule has 0 saturated heterocycles. The first-order chi connectivity index (χ1) is 13.4. The molecule has 150 valence electrons. The quantitative estimate of drug-likeness (QED) is 0.687. The Morgan fingerprint density at radius 1 is 0.929 bits per heavy atom. The molecule has 1 aliphatic heterocycles. The van der Waals surface area contributed by atoms with Crippen LogP contribution < -0.4 is 0 Å². The van der Waals surface area contributed by atoms with Gasteiger partial charge in [-0.3, -0.25) is 0 Å². The summed E-state index contributed by atoms with van der Waals surface area (Å²) in [5, 5.41) is 10.7. The molecule has 1 aliphatic rings. The Morgan fingerprint density at radius 2 is 1.43 bits per heavy atom. The summed E-state index contributed by atoms with van der Waals surface area (Å²) >= 11 is 0. The summed E-state index contributed by atoms with van der Waals surface area (Å²) in [7, 11) is 0. The Bertz CT molecular complexity index is 790. The van der Waals surface area contributed by atoms with Gasteiger partial charge in [-0.25, -0.2) is 4.99 Å². The van der Waals surface area contributed by atoms with Gasteiger partial charge >= 0.3 is 0 Å². The third kappa shape index (κ3) is 4.79. The normalized spacial score (nSPS) is 16.7. The van der Waals surface area contributed by atoms with Crippen LogP contribution in [0.3, 0.4) is 0 Å². The Hall–Kier alpha value is -2.21. The minimum atomic E-state index is -0.705. The van der Waals surface area contributed by atoms with Crippen LogP contribution in [-0.4, -0.2) is 36.4 Å². The summed E-state index contributed by atoms with van der Waals surface area (Å²) in [5.41, 5.74) is 3.32. The predicted molar refractivity (Wildman–Crippen MR) is 110 cm³/mol. The fraction of sp³-hybridized carbons (Fsp3) is 0.435. The van der Waals surface area contributed by atoms with Gasteiger partial charge in [-0.05, 0) is 51.0 Å². The zero-order chi connectivity index (χ0) is 20.1. The Kier molecular flexibility index (Phi) is 6.50. The van der Waals surface area contributed by atoms with Crippen molar-refractivity contribution in [3.8, 4) is 0 Å². The topological polar surface area (TPSA) is 60.3 Å². The highest BCUT2D eigenvalue weighted by Gasteiger charge is 2.27. The molecular formula is C23H29NO4. The van der Waals surface area contributed by atoms with E-state index in [9.17, 15) is 5.11 Å². The molecule has 0 amide bonds. The first kappa shape index (κ1) is 20.5. The number of ether oxygens (including phenoxy) is 3. The smallest absolute Gasteiger partial charge is 0.216 e. The summed E-state index contributed by atoms with van der Waals surface area (Å²) in [6, 6.07) is 15.4. The highest BCUT2D eigenvalue weighted by Crippen LogP contribution is 2.27. The first-order valence-corrected chi connectivity index (χ1v) is 9.77. The molecule has 0 aliphatic carbocycles. The highest BCUT2D eigenvalue weighted by molar-refractivity contribution is 5.95. The fourth-order valence-electron chi connectivity index (χ4n) is 3.11. The number of nitrogens with zero attached hydrogens (tertiary/aromatic N) is 1. The van der Waals surface area contributed by atoms with Crippen LogP contribution in [0.2, 0.25) is 0 Å². The van der Waals surface area contributed by atoms with Crippen molar-refractivity contribution in [1.82, 2.24) is 0 Å². The number of aliphatic imine (C=N–C) groups is 1. The molecule has 28 heavy (non-hydrogen) atoms. The maximum Gasteiger partial charge on any atom is 0.216 e. The largest absolute Gasteiger partial charge is 0.475 e. The molecule has 0 bridgehead atoms. The van der Waals surface area contributed by atoms with E-state index >= 15 is 0 Å². The second-order valence-electron chi connectivity index (χ2n) is 7.45. The van der Waals surface area contributed by atoms with Crippen LogP contribution in [0.5, 0.6) is 0 Å². The Balaban J connectivity index is 1.72. The van der Waals surface area contributed by atoms with Gasteiger partial charge in [0.1, 0.15) is 12.7 Å². The van der Waals surface area contributed by atoms with Gasteiger partial charge in [0.15, 0.2) is 6.29 Å². The van der Waals surface area contributed by atoms with Crippen LogP contribution in [0.25, 0.3) is 0 Å². The average molecular weight is 383 g/mol. The van der Waals surface area contributed by atoms with Gasteiger partial charge in [0, 0.05) is 24.3 Å². The van der Waals surface area contributed by atoms with Crippen LogP contribution in [0.4, 0.5) is 0 Å². The van der Waals surface area contributed by atoms with Gasteiger partial charge in [0.2, 0.25) is 5.90 Å². The van der Waals surface area contributed by atoms with E-state index in [1.165, 1.54) is 0 Å². The first-order valence-electron chi connectivity index (χ1n) is 9.77. The van der Waals surface area contributed by atoms with Crippen molar-refractivity contribution in [2.75, 3.05) is 19.8 Å². The number of hydrogen-bond donors (Lipinski definition) is 1. The standard InChI is InChI=1S/C23H29NO4/c1-5-26-22(27-6-2)19-13-9-17(10-14-19)20(25)16-7-11-18(12-8-16)21-24-23(3,4)15-28-21/h7-14,20,22,25H,5-6,15H2,1-4H3. The second-order valence-corrected chi connectivity index (χ2v) is 7.45. The summed E-state index contributed by atoms with van der Waals surface area (Å²) in [5.74, 6) is 0.660. The molecular weight excluding hydrogens is 354 g/mol. The van der Waals surface area contributed by atoms with E-state index in [0.717, 1.165) is 22.3 Å². The van der Waals surface area contributed by atoms with Crippen molar-refractivity contribution in [3.63, 3.8) is 0 Å². The molecule has 1 atom stereocenters. The number of aliphatic hydroxyl groups is 1. The summed E-state index contributed by atoms with van der Waals surface area (Å²) < 4.78 is 16.9.